The van der Waals surface area contributed by atoms with E-state index in [2.05, 4.69) is 0 Å². The van der Waals surface area contributed by atoms with Gasteiger partial charge in [-0.05, 0) is 66.1 Å². The van der Waals surface area contributed by atoms with Crippen LogP contribution in [0.4, 0.5) is 0 Å². The summed E-state index contributed by atoms with van der Waals surface area (Å²) in [5.74, 6) is -2.50. The molecular weight excluding hydrogens is 718 g/mol. The Labute approximate surface area is 325 Å². The van der Waals surface area contributed by atoms with Crippen LogP contribution in [0.1, 0.15) is 87.0 Å². The second kappa shape index (κ2) is 21.2. The minimum absolute atomic E-state index is 0.0389. The molecule has 3 N–H and O–H groups in total. The molecule has 0 bridgehead atoms. The van der Waals surface area contributed by atoms with E-state index in [0.29, 0.717) is 12.7 Å². The fraction of sp³-hybridized carbons (Fsp3) is 0.800. The number of ketones is 1. The van der Waals surface area contributed by atoms with Gasteiger partial charge >= 0.3 is 11.9 Å². The summed E-state index contributed by atoms with van der Waals surface area (Å²) in [6.45, 7) is 12.2. The van der Waals surface area contributed by atoms with Crippen LogP contribution in [0.3, 0.4) is 0 Å². The van der Waals surface area contributed by atoms with Gasteiger partial charge in [0.25, 0.3) is 0 Å². The highest BCUT2D eigenvalue weighted by Crippen LogP contribution is 2.37. The van der Waals surface area contributed by atoms with Crippen LogP contribution in [-0.4, -0.2) is 145 Å². The van der Waals surface area contributed by atoms with Crippen LogP contribution < -0.4 is 0 Å². The highest BCUT2D eigenvalue weighted by molar-refractivity contribution is 5.91. The normalized spacial score (nSPS) is 41.1. The minimum Gasteiger partial charge on any atom is -0.462 e. The lowest BCUT2D eigenvalue weighted by Crippen LogP contribution is -2.66. The molecule has 1 unspecified atom stereocenters. The number of aliphatic hydroxyl groups excluding tert-OH is 2. The summed E-state index contributed by atoms with van der Waals surface area (Å²) in [5.41, 5.74) is -1.49. The maximum atomic E-state index is 13.1. The summed E-state index contributed by atoms with van der Waals surface area (Å²) in [5, 5.41) is 34.7. The van der Waals surface area contributed by atoms with E-state index in [0.717, 1.165) is 0 Å². The van der Waals surface area contributed by atoms with Crippen molar-refractivity contribution in [1.82, 2.24) is 4.90 Å². The van der Waals surface area contributed by atoms with Crippen molar-refractivity contribution in [2.75, 3.05) is 21.2 Å². The quantitative estimate of drug-likeness (QED) is 0.204. The molecule has 15 heteroatoms. The van der Waals surface area contributed by atoms with Gasteiger partial charge in [0.15, 0.2) is 24.5 Å². The van der Waals surface area contributed by atoms with Crippen molar-refractivity contribution in [2.24, 2.45) is 17.8 Å². The predicted octanol–water partition coefficient (Wildman–Crippen LogP) is 2.65. The summed E-state index contributed by atoms with van der Waals surface area (Å²) in [4.78, 5) is 52.3. The molecule has 2 saturated heterocycles. The Morgan fingerprint density at radius 3 is 2.33 bits per heavy atom. The number of carbonyl (C=O) groups excluding carboxylic acids is 4. The monoisotopic (exact) mass is 783 g/mol. The van der Waals surface area contributed by atoms with Crippen LogP contribution in [0.25, 0.3) is 0 Å². The third-order valence-corrected chi connectivity index (χ3v) is 10.5. The van der Waals surface area contributed by atoms with Gasteiger partial charge in [-0.3, -0.25) is 14.4 Å². The van der Waals surface area contributed by atoms with E-state index in [9.17, 15) is 34.5 Å². The molecule has 15 atom stereocenters. The lowest BCUT2D eigenvalue weighted by Gasteiger charge is -2.50. The SMILES string of the molecule is COC1[C@H](O)CC(=O)O[C@H](C)C/C=C/C=C/C(=O)[C@H](C)C[C@H](CC=O)[C@@H]1O[C@@H]1O[C@H](C)[C@@H](O[C@H]2C[C@@](C)(O)[C@@H](OC(=O)CC(C)C)[C@H](C)O2)[C@H](N(C)C)[C@H]1O. The Bertz CT molecular complexity index is 1320. The molecule has 3 aliphatic heterocycles. The van der Waals surface area contributed by atoms with E-state index in [1.807, 2.05) is 13.8 Å². The number of carbonyl (C=O) groups is 4. The number of ether oxygens (including phenoxy) is 7. The fourth-order valence-corrected chi connectivity index (χ4v) is 7.68. The Balaban J connectivity index is 1.90. The van der Waals surface area contributed by atoms with Crippen molar-refractivity contribution < 1.29 is 67.7 Å². The van der Waals surface area contributed by atoms with Gasteiger partial charge in [-0.25, -0.2) is 0 Å². The molecule has 0 radical (unpaired) electrons. The van der Waals surface area contributed by atoms with Crippen molar-refractivity contribution in [3.05, 3.63) is 24.3 Å². The molecule has 0 amide bonds. The average molecular weight is 784 g/mol. The van der Waals surface area contributed by atoms with Crippen molar-refractivity contribution in [3.8, 4) is 0 Å². The van der Waals surface area contributed by atoms with Crippen molar-refractivity contribution in [3.63, 3.8) is 0 Å². The van der Waals surface area contributed by atoms with Gasteiger partial charge in [0, 0.05) is 38.7 Å². The molecule has 314 valence electrons. The molecular formula is C40H65NO14. The lowest BCUT2D eigenvalue weighted by molar-refractivity contribution is -0.344. The van der Waals surface area contributed by atoms with E-state index < -0.39 is 109 Å². The first-order valence-corrected chi connectivity index (χ1v) is 19.4. The van der Waals surface area contributed by atoms with E-state index >= 15 is 0 Å². The average Bonchev–Trinajstić information content (AvgIpc) is 3.06. The zero-order valence-corrected chi connectivity index (χ0v) is 34.1. The molecule has 2 fully saturated rings. The van der Waals surface area contributed by atoms with Crippen molar-refractivity contribution in [2.45, 2.75) is 166 Å². The smallest absolute Gasteiger partial charge is 0.308 e. The molecule has 0 saturated carbocycles. The minimum atomic E-state index is -1.49. The molecule has 3 rings (SSSR count). The van der Waals surface area contributed by atoms with Gasteiger partial charge in [0.05, 0.1) is 36.9 Å². The third kappa shape index (κ3) is 13.2. The standard InChI is InChI=1S/C40H65NO14/c1-22(2)18-30(45)53-38-26(6)51-32(21-40(38,7)48)54-35-25(5)52-39(34(47)33(35)41(8)9)55-36-27(16-17-42)19-23(3)28(43)15-13-11-12-14-24(4)50-31(46)20-29(44)37(36)49-10/h11-13,15,17,22-27,29,32-39,44,47-48H,14,16,18-21H2,1-10H3/b12-11+,15-13+/t23-,24-,25-,26+,27+,29-,32+,33-,34-,35-,36+,37?,38+,39+,40-/m1/s1. The zero-order valence-electron chi connectivity index (χ0n) is 34.1. The number of allylic oxidation sites excluding steroid dienone is 3. The fourth-order valence-electron chi connectivity index (χ4n) is 7.68. The van der Waals surface area contributed by atoms with Crippen LogP contribution in [0, 0.1) is 17.8 Å². The van der Waals surface area contributed by atoms with Gasteiger partial charge in [0.2, 0.25) is 0 Å². The van der Waals surface area contributed by atoms with Crippen LogP contribution in [-0.2, 0) is 52.3 Å². The Morgan fingerprint density at radius 1 is 1.04 bits per heavy atom. The molecule has 0 aromatic rings. The Hall–Kier alpha value is -2.60. The number of rotatable bonds is 11. The molecule has 0 aromatic carbocycles. The first-order chi connectivity index (χ1) is 25.8. The maximum absolute atomic E-state index is 13.1. The van der Waals surface area contributed by atoms with Gasteiger partial charge in [-0.2, -0.15) is 0 Å². The van der Waals surface area contributed by atoms with Crippen LogP contribution in [0.5, 0.6) is 0 Å². The Morgan fingerprint density at radius 2 is 1.73 bits per heavy atom. The maximum Gasteiger partial charge on any atom is 0.308 e. The highest BCUT2D eigenvalue weighted by atomic mass is 16.7. The number of esters is 2. The number of likely N-dealkylation sites (N-methyl/N-ethyl adjacent to an activating group) is 1. The molecule has 0 aromatic heterocycles. The predicted molar refractivity (Wildman–Crippen MR) is 199 cm³/mol. The zero-order chi connectivity index (χ0) is 41.2. The molecule has 0 aliphatic carbocycles. The second-order valence-electron chi connectivity index (χ2n) is 16.2. The van der Waals surface area contributed by atoms with E-state index in [1.165, 1.54) is 13.2 Å². The van der Waals surface area contributed by atoms with E-state index in [4.69, 9.17) is 33.2 Å². The number of aliphatic hydroxyl groups is 3. The first kappa shape index (κ1) is 46.8. The summed E-state index contributed by atoms with van der Waals surface area (Å²) < 4.78 is 42.3. The number of methoxy groups -OCH3 is 1. The molecule has 0 spiro atoms. The summed E-state index contributed by atoms with van der Waals surface area (Å²) in [6, 6.07) is -0.768. The summed E-state index contributed by atoms with van der Waals surface area (Å²) in [6.07, 6.45) is -3.87. The lowest BCUT2D eigenvalue weighted by atomic mass is 9.83. The molecule has 3 heterocycles. The molecule has 3 aliphatic rings. The third-order valence-electron chi connectivity index (χ3n) is 10.5. The number of aldehydes is 1. The number of hydrogen-bond acceptors (Lipinski definition) is 15. The number of hydrogen-bond donors (Lipinski definition) is 3. The largest absolute Gasteiger partial charge is 0.462 e. The van der Waals surface area contributed by atoms with Crippen LogP contribution in [0.2, 0.25) is 0 Å². The van der Waals surface area contributed by atoms with E-state index in [1.54, 1.807) is 71.8 Å². The summed E-state index contributed by atoms with van der Waals surface area (Å²) in [7, 11) is 4.83. The van der Waals surface area contributed by atoms with Crippen LogP contribution >= 0.6 is 0 Å². The van der Waals surface area contributed by atoms with Gasteiger partial charge < -0.3 is 58.2 Å². The van der Waals surface area contributed by atoms with Gasteiger partial charge in [-0.15, -0.1) is 0 Å². The Kier molecular flexibility index (Phi) is 18.1. The first-order valence-electron chi connectivity index (χ1n) is 19.4. The highest BCUT2D eigenvalue weighted by Gasteiger charge is 2.52. The molecule has 15 nitrogen and oxygen atoms in total. The van der Waals surface area contributed by atoms with Crippen molar-refractivity contribution in [1.29, 1.82) is 0 Å². The second-order valence-corrected chi connectivity index (χ2v) is 16.2. The number of nitrogens with zero attached hydrogens (tertiary/aromatic N) is 1. The molecule has 55 heavy (non-hydrogen) atoms. The van der Waals surface area contributed by atoms with Gasteiger partial charge in [0.1, 0.15) is 36.3 Å². The summed E-state index contributed by atoms with van der Waals surface area (Å²) >= 11 is 0. The van der Waals surface area contributed by atoms with Crippen molar-refractivity contribution >= 4 is 24.0 Å². The van der Waals surface area contributed by atoms with E-state index in [-0.39, 0.29) is 37.4 Å². The number of cyclic esters (lactones) is 1. The van der Waals surface area contributed by atoms with Gasteiger partial charge in [-0.1, -0.05) is 39.0 Å². The van der Waals surface area contributed by atoms with Crippen LogP contribution in [0.15, 0.2) is 24.3 Å². The topological polar surface area (TPSA) is 197 Å².